The second-order valence-corrected chi connectivity index (χ2v) is 7.88. The number of imidazole rings is 1. The van der Waals surface area contributed by atoms with Crippen molar-refractivity contribution in [3.8, 4) is 11.3 Å². The molecular formula is C23H22N8O. The number of furan rings is 1. The van der Waals surface area contributed by atoms with Gasteiger partial charge in [0.1, 0.15) is 23.4 Å². The molecule has 0 amide bonds. The molecule has 0 saturated carbocycles. The Morgan fingerprint density at radius 1 is 1.00 bits per heavy atom. The lowest BCUT2D eigenvalue weighted by molar-refractivity contribution is 0.233. The minimum Gasteiger partial charge on any atom is -0.460 e. The largest absolute Gasteiger partial charge is 0.460 e. The number of benzene rings is 1. The molecule has 1 aromatic carbocycles. The fourth-order valence-electron chi connectivity index (χ4n) is 4.10. The predicted molar refractivity (Wildman–Crippen MR) is 123 cm³/mol. The third-order valence-corrected chi connectivity index (χ3v) is 5.69. The molecule has 160 valence electrons. The summed E-state index contributed by atoms with van der Waals surface area (Å²) in [6.07, 6.45) is 5.02. The molecule has 4 aromatic heterocycles. The summed E-state index contributed by atoms with van der Waals surface area (Å²) in [6, 6.07) is 12.0. The van der Waals surface area contributed by atoms with E-state index in [1.165, 1.54) is 5.56 Å². The van der Waals surface area contributed by atoms with Crippen LogP contribution < -0.4 is 10.6 Å². The fraction of sp³-hybridized carbons (Fsp3) is 0.217. The van der Waals surface area contributed by atoms with E-state index in [-0.39, 0.29) is 0 Å². The van der Waals surface area contributed by atoms with Crippen molar-refractivity contribution in [3.63, 3.8) is 0 Å². The molecule has 1 aliphatic heterocycles. The number of H-pyrrole nitrogens is 1. The van der Waals surface area contributed by atoms with E-state index in [2.05, 4.69) is 52.6 Å². The van der Waals surface area contributed by atoms with Gasteiger partial charge in [-0.15, -0.1) is 0 Å². The Morgan fingerprint density at radius 3 is 2.88 bits per heavy atom. The highest BCUT2D eigenvalue weighted by Crippen LogP contribution is 2.28. The van der Waals surface area contributed by atoms with Crippen LogP contribution >= 0.6 is 0 Å². The molecule has 1 saturated heterocycles. The first-order chi connectivity index (χ1) is 15.8. The van der Waals surface area contributed by atoms with E-state index < -0.39 is 0 Å². The van der Waals surface area contributed by atoms with E-state index in [9.17, 15) is 0 Å². The van der Waals surface area contributed by atoms with Crippen molar-refractivity contribution in [2.75, 3.05) is 31.5 Å². The summed E-state index contributed by atoms with van der Waals surface area (Å²) in [5, 5.41) is 6.69. The van der Waals surface area contributed by atoms with Gasteiger partial charge >= 0.3 is 0 Å². The highest BCUT2D eigenvalue weighted by atomic mass is 16.3. The number of nitrogens with zero attached hydrogens (tertiary/aromatic N) is 5. The lowest BCUT2D eigenvalue weighted by Gasteiger charge is -2.27. The summed E-state index contributed by atoms with van der Waals surface area (Å²) in [7, 11) is 0. The van der Waals surface area contributed by atoms with Crippen LogP contribution in [0.15, 0.2) is 59.6 Å². The van der Waals surface area contributed by atoms with Crippen molar-refractivity contribution in [3.05, 3.63) is 60.7 Å². The molecule has 5 aromatic rings. The van der Waals surface area contributed by atoms with Crippen LogP contribution in [-0.2, 0) is 6.54 Å². The normalized spacial score (nSPS) is 14.9. The van der Waals surface area contributed by atoms with Gasteiger partial charge < -0.3 is 20.0 Å². The van der Waals surface area contributed by atoms with Crippen LogP contribution in [0.4, 0.5) is 11.8 Å². The summed E-state index contributed by atoms with van der Waals surface area (Å²) in [5.74, 6) is 1.42. The van der Waals surface area contributed by atoms with E-state index in [1.54, 1.807) is 12.6 Å². The molecule has 5 heterocycles. The maximum atomic E-state index is 5.59. The molecule has 0 bridgehead atoms. The van der Waals surface area contributed by atoms with E-state index in [0.29, 0.717) is 11.5 Å². The first-order valence-corrected chi connectivity index (χ1v) is 10.7. The number of hydrogen-bond acceptors (Lipinski definition) is 8. The second-order valence-electron chi connectivity index (χ2n) is 7.88. The number of aromatic nitrogens is 5. The highest BCUT2D eigenvalue weighted by Gasteiger charge is 2.13. The molecule has 0 aliphatic carbocycles. The Bertz CT molecular complexity index is 1390. The lowest BCUT2D eigenvalue weighted by atomic mass is 10.1. The number of anilines is 2. The molecule has 1 fully saturated rings. The van der Waals surface area contributed by atoms with Gasteiger partial charge in [0.05, 0.1) is 17.3 Å². The zero-order valence-electron chi connectivity index (χ0n) is 17.4. The third kappa shape index (κ3) is 3.68. The van der Waals surface area contributed by atoms with Crippen LogP contribution in [0, 0.1) is 0 Å². The summed E-state index contributed by atoms with van der Waals surface area (Å²) >= 11 is 0. The molecule has 32 heavy (non-hydrogen) atoms. The van der Waals surface area contributed by atoms with Crippen molar-refractivity contribution in [1.29, 1.82) is 0 Å². The molecule has 0 radical (unpaired) electrons. The van der Waals surface area contributed by atoms with Gasteiger partial charge in [-0.3, -0.25) is 4.90 Å². The number of fused-ring (bicyclic) bond motifs is 2. The fourth-order valence-corrected chi connectivity index (χ4v) is 4.10. The molecule has 6 rings (SSSR count). The van der Waals surface area contributed by atoms with Gasteiger partial charge in [-0.25, -0.2) is 19.9 Å². The van der Waals surface area contributed by atoms with Crippen LogP contribution in [0.25, 0.3) is 33.4 Å². The van der Waals surface area contributed by atoms with Gasteiger partial charge in [0, 0.05) is 50.6 Å². The van der Waals surface area contributed by atoms with Crippen LogP contribution in [0.1, 0.15) is 5.56 Å². The average molecular weight is 426 g/mol. The van der Waals surface area contributed by atoms with Crippen LogP contribution in [-0.4, -0.2) is 56.0 Å². The van der Waals surface area contributed by atoms with Crippen molar-refractivity contribution < 1.29 is 4.42 Å². The quantitative estimate of drug-likeness (QED) is 0.393. The molecule has 3 N–H and O–H groups in total. The van der Waals surface area contributed by atoms with E-state index in [1.807, 2.05) is 30.5 Å². The van der Waals surface area contributed by atoms with Gasteiger partial charge in [-0.2, -0.15) is 0 Å². The monoisotopic (exact) mass is 426 g/mol. The standard InChI is InChI=1S/C23H22N8O/c1-2-17-19(12-16(1)21-22-18(4-10-32-22)26-14-27-21)29-23(28-17)30-20-11-15(3-5-25-20)13-31-8-6-24-7-9-31/h1-5,10-12,14,24H,6-9,13H2,(H2,25,28,29,30). The maximum absolute atomic E-state index is 5.59. The highest BCUT2D eigenvalue weighted by molar-refractivity contribution is 5.91. The minimum atomic E-state index is 0.648. The van der Waals surface area contributed by atoms with Crippen molar-refractivity contribution >= 4 is 33.9 Å². The van der Waals surface area contributed by atoms with E-state index in [4.69, 9.17) is 4.42 Å². The summed E-state index contributed by atoms with van der Waals surface area (Å²) < 4.78 is 5.59. The molecule has 9 heteroatoms. The minimum absolute atomic E-state index is 0.648. The number of rotatable bonds is 5. The lowest BCUT2D eigenvalue weighted by Crippen LogP contribution is -2.42. The molecular weight excluding hydrogens is 404 g/mol. The van der Waals surface area contributed by atoms with E-state index >= 15 is 0 Å². The first-order valence-electron chi connectivity index (χ1n) is 10.7. The number of hydrogen-bond donors (Lipinski definition) is 3. The van der Waals surface area contributed by atoms with Crippen LogP contribution in [0.5, 0.6) is 0 Å². The number of aromatic amines is 1. The Hall–Kier alpha value is -3.82. The average Bonchev–Trinajstić information content (AvgIpc) is 3.46. The molecule has 1 aliphatic rings. The van der Waals surface area contributed by atoms with Gasteiger partial charge in [0.25, 0.3) is 0 Å². The summed E-state index contributed by atoms with van der Waals surface area (Å²) in [5.41, 5.74) is 6.15. The Balaban J connectivity index is 1.25. The van der Waals surface area contributed by atoms with Crippen molar-refractivity contribution in [2.24, 2.45) is 0 Å². The Kier molecular flexibility index (Phi) is 4.74. The van der Waals surface area contributed by atoms with Crippen LogP contribution in [0.2, 0.25) is 0 Å². The summed E-state index contributed by atoms with van der Waals surface area (Å²) in [6.45, 7) is 5.12. The molecule has 0 atom stereocenters. The SMILES string of the molecule is c1cc(CN2CCNCC2)cc(Nc2nc3ccc(-c4ncnc5ccoc45)cc3[nH]2)n1. The number of pyridine rings is 1. The molecule has 0 unspecified atom stereocenters. The van der Waals surface area contributed by atoms with Gasteiger partial charge in [0.2, 0.25) is 5.95 Å². The third-order valence-electron chi connectivity index (χ3n) is 5.69. The number of nitrogens with one attached hydrogen (secondary N) is 3. The van der Waals surface area contributed by atoms with E-state index in [0.717, 1.165) is 66.3 Å². The predicted octanol–water partition coefficient (Wildman–Crippen LogP) is 3.31. The zero-order valence-corrected chi connectivity index (χ0v) is 17.4. The number of piperazine rings is 1. The summed E-state index contributed by atoms with van der Waals surface area (Å²) in [4.78, 5) is 23.6. The van der Waals surface area contributed by atoms with Crippen molar-refractivity contribution in [2.45, 2.75) is 6.54 Å². The topological polar surface area (TPSA) is 108 Å². The Labute approximate surface area is 183 Å². The zero-order chi connectivity index (χ0) is 21.3. The molecule has 0 spiro atoms. The maximum Gasteiger partial charge on any atom is 0.206 e. The smallest absolute Gasteiger partial charge is 0.206 e. The van der Waals surface area contributed by atoms with Crippen molar-refractivity contribution in [1.82, 2.24) is 35.1 Å². The van der Waals surface area contributed by atoms with Gasteiger partial charge in [-0.05, 0) is 29.8 Å². The molecule has 9 nitrogen and oxygen atoms in total. The Morgan fingerprint density at radius 2 is 1.94 bits per heavy atom. The first kappa shape index (κ1) is 18.9. The van der Waals surface area contributed by atoms with Crippen LogP contribution in [0.3, 0.4) is 0 Å². The van der Waals surface area contributed by atoms with Gasteiger partial charge in [-0.1, -0.05) is 6.07 Å². The van der Waals surface area contributed by atoms with Gasteiger partial charge in [0.15, 0.2) is 5.58 Å². The second kappa shape index (κ2) is 8.03.